The standard InChI is InChI=1S/C19H24N2O3/c1-24-15-6-5-10-3-2-4-13(10)16(15)20-19(23)21-9-12-7-11-8-14(12)17(21)18(11)22/h5-6,11-12,14,17-18,22H,2-4,7-9H2,1H3,(H,20,23)/t11-,12-,14+,17-,18+/m0/s1. The lowest BCUT2D eigenvalue weighted by Crippen LogP contribution is -2.45. The van der Waals surface area contributed by atoms with Crippen molar-refractivity contribution in [1.82, 2.24) is 4.90 Å². The van der Waals surface area contributed by atoms with Gasteiger partial charge in [0.25, 0.3) is 0 Å². The Morgan fingerprint density at radius 1 is 1.29 bits per heavy atom. The fourth-order valence-corrected chi connectivity index (χ4v) is 5.78. The van der Waals surface area contributed by atoms with Crippen LogP contribution >= 0.6 is 0 Å². The van der Waals surface area contributed by atoms with Gasteiger partial charge in [-0.05, 0) is 67.1 Å². The second kappa shape index (κ2) is 5.12. The maximum absolute atomic E-state index is 13.0. The number of carbonyl (C=O) groups is 1. The minimum Gasteiger partial charge on any atom is -0.495 e. The second-order valence-corrected chi connectivity index (χ2v) is 7.85. The van der Waals surface area contributed by atoms with Gasteiger partial charge in [-0.25, -0.2) is 4.79 Å². The molecule has 5 atom stereocenters. The van der Waals surface area contributed by atoms with Gasteiger partial charge in [-0.2, -0.15) is 0 Å². The summed E-state index contributed by atoms with van der Waals surface area (Å²) in [4.78, 5) is 14.9. The summed E-state index contributed by atoms with van der Waals surface area (Å²) in [6.45, 7) is 0.784. The number of urea groups is 1. The summed E-state index contributed by atoms with van der Waals surface area (Å²) < 4.78 is 5.49. The first kappa shape index (κ1) is 14.6. The highest BCUT2D eigenvalue weighted by molar-refractivity contribution is 5.93. The van der Waals surface area contributed by atoms with E-state index in [1.165, 1.54) is 11.1 Å². The molecule has 5 nitrogen and oxygen atoms in total. The third kappa shape index (κ3) is 1.88. The first-order valence-electron chi connectivity index (χ1n) is 9.12. The summed E-state index contributed by atoms with van der Waals surface area (Å²) in [5, 5.41) is 13.6. The predicted molar refractivity (Wildman–Crippen MR) is 90.2 cm³/mol. The van der Waals surface area contributed by atoms with Crippen molar-refractivity contribution < 1.29 is 14.6 Å². The molecule has 1 aromatic rings. The summed E-state index contributed by atoms with van der Waals surface area (Å²) in [7, 11) is 1.65. The number of hydrogen-bond donors (Lipinski definition) is 2. The molecule has 1 heterocycles. The number of anilines is 1. The van der Waals surface area contributed by atoms with Gasteiger partial charge in [0.05, 0.1) is 24.9 Å². The van der Waals surface area contributed by atoms with Crippen molar-refractivity contribution in [1.29, 1.82) is 0 Å². The smallest absolute Gasteiger partial charge is 0.322 e. The van der Waals surface area contributed by atoms with Crippen LogP contribution in [0.5, 0.6) is 5.75 Å². The largest absolute Gasteiger partial charge is 0.495 e. The Bertz CT molecular complexity index is 702. The molecule has 2 N–H and O–H groups in total. The Hall–Kier alpha value is -1.75. The average molecular weight is 328 g/mol. The van der Waals surface area contributed by atoms with E-state index in [1.807, 2.05) is 11.0 Å². The number of aliphatic hydroxyl groups is 1. The van der Waals surface area contributed by atoms with Gasteiger partial charge >= 0.3 is 6.03 Å². The van der Waals surface area contributed by atoms with E-state index in [0.29, 0.717) is 17.8 Å². The van der Waals surface area contributed by atoms with Gasteiger partial charge < -0.3 is 20.1 Å². The zero-order valence-electron chi connectivity index (χ0n) is 14.0. The zero-order valence-corrected chi connectivity index (χ0v) is 14.0. The topological polar surface area (TPSA) is 61.8 Å². The van der Waals surface area contributed by atoms with E-state index >= 15 is 0 Å². The number of nitrogens with zero attached hydrogens (tertiary/aromatic N) is 1. The molecule has 0 unspecified atom stereocenters. The van der Waals surface area contributed by atoms with E-state index in [2.05, 4.69) is 11.4 Å². The van der Waals surface area contributed by atoms with Crippen LogP contribution in [0.1, 0.15) is 30.4 Å². The fraction of sp³-hybridized carbons (Fsp3) is 0.632. The molecule has 3 aliphatic carbocycles. The van der Waals surface area contributed by atoms with Crippen molar-refractivity contribution in [2.75, 3.05) is 19.0 Å². The Labute approximate surface area is 142 Å². The Kier molecular flexibility index (Phi) is 3.11. The lowest BCUT2D eigenvalue weighted by molar-refractivity contribution is 0.0631. The molecule has 1 saturated heterocycles. The zero-order chi connectivity index (χ0) is 16.4. The van der Waals surface area contributed by atoms with E-state index in [4.69, 9.17) is 4.74 Å². The first-order valence-corrected chi connectivity index (χ1v) is 9.12. The highest BCUT2D eigenvalue weighted by atomic mass is 16.5. The van der Waals surface area contributed by atoms with Crippen LogP contribution in [0.15, 0.2) is 12.1 Å². The molecule has 2 bridgehead atoms. The molecule has 5 heteroatoms. The molecular weight excluding hydrogens is 304 g/mol. The van der Waals surface area contributed by atoms with E-state index < -0.39 is 0 Å². The molecule has 0 aromatic heterocycles. The predicted octanol–water partition coefficient (Wildman–Crippen LogP) is 2.42. The minimum atomic E-state index is -0.345. The van der Waals surface area contributed by atoms with Gasteiger partial charge in [0.15, 0.2) is 0 Å². The number of methoxy groups -OCH3 is 1. The van der Waals surface area contributed by atoms with Crippen molar-refractivity contribution in [2.24, 2.45) is 17.8 Å². The lowest BCUT2D eigenvalue weighted by atomic mass is 9.88. The number of nitrogens with one attached hydrogen (secondary N) is 1. The maximum atomic E-state index is 13.0. The van der Waals surface area contributed by atoms with E-state index in [1.54, 1.807) is 7.11 Å². The van der Waals surface area contributed by atoms with Crippen LogP contribution in [0.3, 0.4) is 0 Å². The Balaban J connectivity index is 1.43. The number of likely N-dealkylation sites (tertiary alicyclic amines) is 1. The number of amides is 2. The van der Waals surface area contributed by atoms with Crippen LogP contribution in [-0.4, -0.2) is 41.8 Å². The normalized spacial score (nSPS) is 35.4. The lowest BCUT2D eigenvalue weighted by Gasteiger charge is -2.29. The number of ether oxygens (including phenoxy) is 1. The number of rotatable bonds is 2. The van der Waals surface area contributed by atoms with Crippen LogP contribution < -0.4 is 10.1 Å². The number of aryl methyl sites for hydroxylation is 1. The molecule has 0 spiro atoms. The molecule has 2 saturated carbocycles. The fourth-order valence-electron chi connectivity index (χ4n) is 5.78. The second-order valence-electron chi connectivity index (χ2n) is 7.85. The average Bonchev–Trinajstić information content (AvgIpc) is 3.30. The van der Waals surface area contributed by atoms with Gasteiger partial charge in [0.1, 0.15) is 5.75 Å². The molecule has 0 radical (unpaired) electrons. The first-order chi connectivity index (χ1) is 11.7. The van der Waals surface area contributed by atoms with Crippen molar-refractivity contribution in [3.05, 3.63) is 23.3 Å². The van der Waals surface area contributed by atoms with Crippen molar-refractivity contribution >= 4 is 11.7 Å². The number of hydrogen-bond acceptors (Lipinski definition) is 3. The van der Waals surface area contributed by atoms with Gasteiger partial charge in [0, 0.05) is 6.54 Å². The van der Waals surface area contributed by atoms with Crippen molar-refractivity contribution in [2.45, 2.75) is 44.2 Å². The van der Waals surface area contributed by atoms with Gasteiger partial charge in [-0.1, -0.05) is 6.07 Å². The molecule has 5 rings (SSSR count). The van der Waals surface area contributed by atoms with Crippen LogP contribution in [-0.2, 0) is 12.8 Å². The summed E-state index contributed by atoms with van der Waals surface area (Å²) in [6.07, 6.45) is 5.01. The van der Waals surface area contributed by atoms with Crippen molar-refractivity contribution in [3.63, 3.8) is 0 Å². The molecule has 4 aliphatic rings. The Morgan fingerprint density at radius 2 is 2.17 bits per heavy atom. The monoisotopic (exact) mass is 328 g/mol. The summed E-state index contributed by atoms with van der Waals surface area (Å²) >= 11 is 0. The van der Waals surface area contributed by atoms with Crippen LogP contribution in [0.4, 0.5) is 10.5 Å². The summed E-state index contributed by atoms with van der Waals surface area (Å²) in [6, 6.07) is 4.00. The van der Waals surface area contributed by atoms with Crippen LogP contribution in [0.2, 0.25) is 0 Å². The highest BCUT2D eigenvalue weighted by Gasteiger charge is 2.60. The molecule has 1 aromatic carbocycles. The van der Waals surface area contributed by atoms with Gasteiger partial charge in [-0.15, -0.1) is 0 Å². The third-order valence-corrected chi connectivity index (χ3v) is 6.81. The number of aliphatic hydroxyl groups excluding tert-OH is 1. The van der Waals surface area contributed by atoms with Gasteiger partial charge in [0.2, 0.25) is 0 Å². The molecule has 3 fully saturated rings. The number of carbonyl (C=O) groups excluding carboxylic acids is 1. The van der Waals surface area contributed by atoms with Crippen molar-refractivity contribution in [3.8, 4) is 5.75 Å². The number of fused-ring (bicyclic) bond motifs is 2. The number of benzene rings is 1. The summed E-state index contributed by atoms with van der Waals surface area (Å²) in [5.41, 5.74) is 3.36. The van der Waals surface area contributed by atoms with E-state index in [9.17, 15) is 9.90 Å². The van der Waals surface area contributed by atoms with Crippen LogP contribution in [0.25, 0.3) is 0 Å². The maximum Gasteiger partial charge on any atom is 0.322 e. The SMILES string of the molecule is COc1ccc2c(c1NC(=O)N1C[C@@H]3C[C@H]4C[C@H]3[C@H]1[C@@H]4O)CCC2. The molecule has 2 amide bonds. The molecular formula is C19H24N2O3. The third-order valence-electron chi connectivity index (χ3n) is 6.81. The highest BCUT2D eigenvalue weighted by Crippen LogP contribution is 2.55. The molecule has 128 valence electrons. The Morgan fingerprint density at radius 3 is 2.96 bits per heavy atom. The summed E-state index contributed by atoms with van der Waals surface area (Å²) in [5.74, 6) is 2.21. The van der Waals surface area contributed by atoms with E-state index in [0.717, 1.165) is 50.1 Å². The quantitative estimate of drug-likeness (QED) is 0.876. The molecule has 1 aliphatic heterocycles. The van der Waals surface area contributed by atoms with Gasteiger partial charge in [-0.3, -0.25) is 0 Å². The van der Waals surface area contributed by atoms with Crippen LogP contribution in [0, 0.1) is 17.8 Å². The van der Waals surface area contributed by atoms with E-state index in [-0.39, 0.29) is 18.2 Å². The minimum absolute atomic E-state index is 0.0107. The molecule has 24 heavy (non-hydrogen) atoms.